The molecule has 0 aliphatic carbocycles. The van der Waals surface area contributed by atoms with Crippen molar-refractivity contribution in [2.24, 2.45) is 10.9 Å². The molecule has 0 bridgehead atoms. The molecule has 1 saturated heterocycles. The average molecular weight is 676 g/mol. The van der Waals surface area contributed by atoms with Crippen LogP contribution in [0.5, 0.6) is 0 Å². The number of carbonyl (C=O) groups is 4. The van der Waals surface area contributed by atoms with Crippen LogP contribution in [0.15, 0.2) is 126 Å². The van der Waals surface area contributed by atoms with Gasteiger partial charge in [-0.2, -0.15) is 0 Å². The number of likely N-dealkylation sites (tertiary alicyclic amines) is 1. The first-order chi connectivity index (χ1) is 24.5. The highest BCUT2D eigenvalue weighted by molar-refractivity contribution is 6.02. The molecule has 258 valence electrons. The Morgan fingerprint density at radius 1 is 0.640 bits per heavy atom. The zero-order chi connectivity index (χ0) is 35.0. The number of imide groups is 1. The largest absolute Gasteiger partial charge is 0.444 e. The fourth-order valence-corrected chi connectivity index (χ4v) is 5.64. The standard InChI is InChI=1S/C39H41N5O6/c45-35-33(34(24-23-29-14-5-1-6-15-29)44(35)37(46)41-26-30-16-7-2-8-17-30)22-13-25-40-36(42-38(47)49-27-31-18-9-3-10-19-31)43-39(48)50-28-32-20-11-4-12-21-32/h1-12,14-21,33-34H,13,22-28H2,(H,41,46)(H2,40,42,43,47,48). The smallest absolute Gasteiger partial charge is 0.414 e. The van der Waals surface area contributed by atoms with Gasteiger partial charge in [-0.05, 0) is 47.9 Å². The summed E-state index contributed by atoms with van der Waals surface area (Å²) < 4.78 is 10.6. The van der Waals surface area contributed by atoms with E-state index in [-0.39, 0.29) is 43.6 Å². The molecule has 4 aromatic rings. The van der Waals surface area contributed by atoms with E-state index < -0.39 is 18.2 Å². The van der Waals surface area contributed by atoms with Gasteiger partial charge in [0.2, 0.25) is 11.9 Å². The Kier molecular flexibility index (Phi) is 13.1. The number of β-lactam (4-membered cyclic amide) rings is 1. The number of amides is 5. The Labute approximate surface area is 291 Å². The lowest BCUT2D eigenvalue weighted by atomic mass is 9.80. The number of aryl methyl sites for hydroxylation is 1. The van der Waals surface area contributed by atoms with Crippen molar-refractivity contribution in [3.63, 3.8) is 0 Å². The number of guanidine groups is 1. The maximum atomic E-state index is 13.3. The first-order valence-corrected chi connectivity index (χ1v) is 16.6. The van der Waals surface area contributed by atoms with Gasteiger partial charge in [-0.1, -0.05) is 121 Å². The molecule has 4 aromatic carbocycles. The second-order valence-corrected chi connectivity index (χ2v) is 11.8. The Balaban J connectivity index is 1.18. The van der Waals surface area contributed by atoms with E-state index in [9.17, 15) is 19.2 Å². The summed E-state index contributed by atoms with van der Waals surface area (Å²) in [4.78, 5) is 57.4. The van der Waals surface area contributed by atoms with Gasteiger partial charge >= 0.3 is 18.2 Å². The topological polar surface area (TPSA) is 138 Å². The van der Waals surface area contributed by atoms with Crippen LogP contribution in [0.2, 0.25) is 0 Å². The maximum absolute atomic E-state index is 13.3. The summed E-state index contributed by atoms with van der Waals surface area (Å²) in [6, 6.07) is 37.2. The van der Waals surface area contributed by atoms with E-state index in [1.165, 1.54) is 4.90 Å². The summed E-state index contributed by atoms with van der Waals surface area (Å²) in [6.45, 7) is 0.561. The van der Waals surface area contributed by atoms with Crippen LogP contribution in [-0.2, 0) is 40.4 Å². The molecule has 1 fully saturated rings. The van der Waals surface area contributed by atoms with E-state index in [2.05, 4.69) is 20.9 Å². The maximum Gasteiger partial charge on any atom is 0.414 e. The van der Waals surface area contributed by atoms with Crippen LogP contribution >= 0.6 is 0 Å². The summed E-state index contributed by atoms with van der Waals surface area (Å²) in [6.07, 6.45) is 0.657. The average Bonchev–Trinajstić information content (AvgIpc) is 3.15. The van der Waals surface area contributed by atoms with Gasteiger partial charge in [0.25, 0.3) is 0 Å². The minimum Gasteiger partial charge on any atom is -0.444 e. The summed E-state index contributed by atoms with van der Waals surface area (Å²) in [5, 5.41) is 7.85. The van der Waals surface area contributed by atoms with Crippen LogP contribution in [0.3, 0.4) is 0 Å². The number of rotatable bonds is 13. The highest BCUT2D eigenvalue weighted by Crippen LogP contribution is 2.34. The number of nitrogens with zero attached hydrogens (tertiary/aromatic N) is 2. The van der Waals surface area contributed by atoms with Crippen molar-refractivity contribution in [1.82, 2.24) is 20.9 Å². The van der Waals surface area contributed by atoms with Crippen molar-refractivity contribution in [3.8, 4) is 0 Å². The van der Waals surface area contributed by atoms with Crippen molar-refractivity contribution in [1.29, 1.82) is 0 Å². The molecule has 0 saturated carbocycles. The molecule has 1 aliphatic heterocycles. The zero-order valence-electron chi connectivity index (χ0n) is 27.7. The number of ether oxygens (including phenoxy) is 2. The van der Waals surface area contributed by atoms with Gasteiger partial charge < -0.3 is 14.8 Å². The van der Waals surface area contributed by atoms with Crippen LogP contribution in [0, 0.1) is 5.92 Å². The quantitative estimate of drug-likeness (QED) is 0.0654. The van der Waals surface area contributed by atoms with Crippen LogP contribution < -0.4 is 16.0 Å². The molecular weight excluding hydrogens is 634 g/mol. The predicted molar refractivity (Wildman–Crippen MR) is 189 cm³/mol. The molecule has 11 heteroatoms. The van der Waals surface area contributed by atoms with E-state index in [1.54, 1.807) is 0 Å². The summed E-state index contributed by atoms with van der Waals surface area (Å²) in [7, 11) is 0. The summed E-state index contributed by atoms with van der Waals surface area (Å²) in [5.74, 6) is -0.737. The van der Waals surface area contributed by atoms with Crippen LogP contribution in [0.4, 0.5) is 14.4 Å². The van der Waals surface area contributed by atoms with Gasteiger partial charge in [0, 0.05) is 13.1 Å². The minimum atomic E-state index is -0.803. The first-order valence-electron chi connectivity index (χ1n) is 16.6. The molecule has 2 atom stereocenters. The van der Waals surface area contributed by atoms with Crippen molar-refractivity contribution in [2.45, 2.75) is 51.5 Å². The fourth-order valence-electron chi connectivity index (χ4n) is 5.64. The highest BCUT2D eigenvalue weighted by atomic mass is 16.6. The lowest BCUT2D eigenvalue weighted by Gasteiger charge is -2.46. The number of nitrogens with one attached hydrogen (secondary N) is 3. The molecule has 2 unspecified atom stereocenters. The Bertz CT molecular complexity index is 1660. The zero-order valence-corrected chi connectivity index (χ0v) is 27.7. The number of alkyl carbamates (subject to hydrolysis) is 2. The highest BCUT2D eigenvalue weighted by Gasteiger charge is 2.49. The molecule has 11 nitrogen and oxygen atoms in total. The Morgan fingerprint density at radius 3 is 1.64 bits per heavy atom. The summed E-state index contributed by atoms with van der Waals surface area (Å²) in [5.41, 5.74) is 3.66. The lowest BCUT2D eigenvalue weighted by molar-refractivity contribution is -0.150. The molecule has 5 amide bonds. The molecule has 0 aromatic heterocycles. The van der Waals surface area contributed by atoms with Crippen molar-refractivity contribution in [2.75, 3.05) is 6.54 Å². The van der Waals surface area contributed by atoms with Crippen LogP contribution in [-0.4, -0.2) is 47.6 Å². The first kappa shape index (κ1) is 35.3. The molecule has 1 heterocycles. The van der Waals surface area contributed by atoms with Crippen molar-refractivity contribution >= 4 is 30.1 Å². The fraction of sp³-hybridized carbons (Fsp3) is 0.256. The third kappa shape index (κ3) is 10.8. The van der Waals surface area contributed by atoms with Crippen LogP contribution in [0.1, 0.15) is 41.5 Å². The van der Waals surface area contributed by atoms with E-state index >= 15 is 0 Å². The van der Waals surface area contributed by atoms with Gasteiger partial charge in [-0.25, -0.2) is 14.4 Å². The number of carbonyl (C=O) groups excluding carboxylic acids is 4. The number of aliphatic imine (C=N–C) groups is 1. The normalized spacial score (nSPS) is 14.9. The molecule has 0 radical (unpaired) electrons. The van der Waals surface area contributed by atoms with E-state index in [0.29, 0.717) is 32.2 Å². The molecule has 3 N–H and O–H groups in total. The van der Waals surface area contributed by atoms with Gasteiger partial charge in [-0.3, -0.25) is 25.3 Å². The summed E-state index contributed by atoms with van der Waals surface area (Å²) >= 11 is 0. The molecule has 5 rings (SSSR count). The lowest BCUT2D eigenvalue weighted by Crippen LogP contribution is -2.65. The van der Waals surface area contributed by atoms with Gasteiger partial charge in [0.1, 0.15) is 13.2 Å². The monoisotopic (exact) mass is 675 g/mol. The third-order valence-electron chi connectivity index (χ3n) is 8.24. The Hall–Kier alpha value is -5.97. The van der Waals surface area contributed by atoms with E-state index in [0.717, 1.165) is 22.3 Å². The Morgan fingerprint density at radius 2 is 1.12 bits per heavy atom. The van der Waals surface area contributed by atoms with Gasteiger partial charge in [0.15, 0.2) is 0 Å². The number of urea groups is 1. The van der Waals surface area contributed by atoms with Gasteiger partial charge in [-0.15, -0.1) is 0 Å². The van der Waals surface area contributed by atoms with Crippen molar-refractivity contribution in [3.05, 3.63) is 144 Å². The van der Waals surface area contributed by atoms with Crippen molar-refractivity contribution < 1.29 is 28.7 Å². The molecular formula is C39H41N5O6. The SMILES string of the molecule is O=C(NC(=NCCCC1C(=O)N(C(=O)NCc2ccccc2)C1CCc1ccccc1)NC(=O)OCc1ccccc1)OCc1ccccc1. The second-order valence-electron chi connectivity index (χ2n) is 11.8. The molecule has 0 spiro atoms. The van der Waals surface area contributed by atoms with Gasteiger partial charge in [0.05, 0.1) is 12.0 Å². The number of hydrogen-bond acceptors (Lipinski definition) is 7. The van der Waals surface area contributed by atoms with E-state index in [4.69, 9.17) is 9.47 Å². The predicted octanol–water partition coefficient (Wildman–Crippen LogP) is 6.35. The number of hydrogen-bond donors (Lipinski definition) is 3. The number of benzene rings is 4. The second kappa shape index (κ2) is 18.5. The van der Waals surface area contributed by atoms with Crippen LogP contribution in [0.25, 0.3) is 0 Å². The third-order valence-corrected chi connectivity index (χ3v) is 8.24. The molecule has 50 heavy (non-hydrogen) atoms. The molecule has 1 aliphatic rings. The van der Waals surface area contributed by atoms with E-state index in [1.807, 2.05) is 121 Å². The minimum absolute atomic E-state index is 0.0298.